The molecule has 0 saturated carbocycles. The molecule has 0 spiro atoms. The van der Waals surface area contributed by atoms with Crippen molar-refractivity contribution in [2.24, 2.45) is 5.84 Å². The van der Waals surface area contributed by atoms with E-state index in [1.54, 1.807) is 5.59 Å². The Balaban J connectivity index is 3.00. The average molecular weight is 216 g/mol. The molecule has 4 nitrogen and oxygen atoms in total. The average Bonchev–Trinajstić information content (AvgIpc) is 1.68. The number of rotatable bonds is 2. The maximum atomic E-state index is 10.0. The molecule has 0 atom stereocenters. The number of carbonyl (C=O) groups is 1. The molecule has 0 unspecified atom stereocenters. The van der Waals surface area contributed by atoms with E-state index in [-0.39, 0.29) is 5.97 Å². The van der Waals surface area contributed by atoms with Crippen LogP contribution in [0.1, 0.15) is 0 Å². The number of halogens is 1. The fourth-order valence-electron chi connectivity index (χ4n) is 0.0930. The minimum absolute atomic E-state index is 0.307. The predicted molar refractivity (Wildman–Crippen MR) is 32.3 cm³/mol. The van der Waals surface area contributed by atoms with Crippen LogP contribution in [-0.4, -0.2) is 10.4 Å². The third-order valence-corrected chi connectivity index (χ3v) is 0.905. The molecule has 0 bridgehead atoms. The Morgan fingerprint density at radius 3 is 2.71 bits per heavy atom. The van der Waals surface area contributed by atoms with Crippen molar-refractivity contribution >= 4 is 28.6 Å². The maximum absolute atomic E-state index is 10.0. The number of carbonyl (C=O) groups excluding carboxylic acids is 1. The number of hydrogen-bond donors (Lipinski definition) is 2. The van der Waals surface area contributed by atoms with Crippen LogP contribution in [0.4, 0.5) is 0 Å². The molecule has 0 aliphatic rings. The van der Waals surface area contributed by atoms with Crippen LogP contribution in [0.25, 0.3) is 0 Å². The first-order valence-corrected chi connectivity index (χ1v) is 3.05. The van der Waals surface area contributed by atoms with E-state index in [1.807, 2.05) is 22.6 Å². The predicted octanol–water partition coefficient (Wildman–Crippen LogP) is -0.657. The summed E-state index contributed by atoms with van der Waals surface area (Å²) in [6, 6.07) is 0. The molecule has 0 aromatic carbocycles. The molecule has 0 saturated heterocycles. The number of nitrogens with one attached hydrogen (secondary N) is 1. The van der Waals surface area contributed by atoms with E-state index in [0.29, 0.717) is 4.43 Å². The van der Waals surface area contributed by atoms with E-state index in [0.717, 1.165) is 0 Å². The van der Waals surface area contributed by atoms with Gasteiger partial charge in [-0.15, -0.1) is 0 Å². The van der Waals surface area contributed by atoms with Gasteiger partial charge in [0.2, 0.25) is 0 Å². The molecule has 0 heterocycles. The molecule has 0 rings (SSSR count). The molecule has 0 radical (unpaired) electrons. The molecular formula is C2H5IN2O2. The lowest BCUT2D eigenvalue weighted by molar-refractivity contribution is -0.147. The normalized spacial score (nSPS) is 8.29. The molecule has 3 N–H and O–H groups in total. The van der Waals surface area contributed by atoms with Crippen LogP contribution in [-0.2, 0) is 9.63 Å². The Morgan fingerprint density at radius 1 is 2.00 bits per heavy atom. The van der Waals surface area contributed by atoms with Crippen LogP contribution >= 0.6 is 22.6 Å². The van der Waals surface area contributed by atoms with E-state index in [4.69, 9.17) is 0 Å². The second-order valence-corrected chi connectivity index (χ2v) is 1.49. The van der Waals surface area contributed by atoms with Gasteiger partial charge in [-0.05, 0) is 0 Å². The Hall–Kier alpha value is 0.120. The second kappa shape index (κ2) is 4.28. The van der Waals surface area contributed by atoms with Crippen LogP contribution < -0.4 is 11.4 Å². The Morgan fingerprint density at radius 2 is 2.57 bits per heavy atom. The van der Waals surface area contributed by atoms with E-state index < -0.39 is 0 Å². The number of hydrogen-bond acceptors (Lipinski definition) is 4. The van der Waals surface area contributed by atoms with Crippen LogP contribution in [0.15, 0.2) is 0 Å². The topological polar surface area (TPSA) is 64.3 Å². The van der Waals surface area contributed by atoms with Gasteiger partial charge in [0.15, 0.2) is 0 Å². The summed E-state index contributed by atoms with van der Waals surface area (Å²) in [6.45, 7) is 0. The zero-order chi connectivity index (χ0) is 5.70. The molecular weight excluding hydrogens is 211 g/mol. The Bertz CT molecular complexity index is 66.7. The Kier molecular flexibility index (Phi) is 4.36. The number of alkyl halides is 1. The van der Waals surface area contributed by atoms with Crippen molar-refractivity contribution in [1.29, 1.82) is 0 Å². The summed E-state index contributed by atoms with van der Waals surface area (Å²) >= 11 is 1.87. The molecule has 0 amide bonds. The molecule has 0 aromatic rings. The smallest absolute Gasteiger partial charge is 0.336 e. The van der Waals surface area contributed by atoms with Gasteiger partial charge >= 0.3 is 5.97 Å². The van der Waals surface area contributed by atoms with Crippen LogP contribution in [0.3, 0.4) is 0 Å². The number of nitrogens with two attached hydrogens (primary N) is 1. The van der Waals surface area contributed by atoms with Crippen molar-refractivity contribution in [3.63, 3.8) is 0 Å². The first-order chi connectivity index (χ1) is 3.31. The first-order valence-electron chi connectivity index (χ1n) is 1.52. The van der Waals surface area contributed by atoms with Gasteiger partial charge < -0.3 is 4.84 Å². The van der Waals surface area contributed by atoms with Crippen LogP contribution in [0.5, 0.6) is 0 Å². The first kappa shape index (κ1) is 7.12. The maximum Gasteiger partial charge on any atom is 0.336 e. The lowest BCUT2D eigenvalue weighted by atomic mass is 10.8. The van der Waals surface area contributed by atoms with E-state index in [2.05, 4.69) is 10.7 Å². The zero-order valence-electron chi connectivity index (χ0n) is 3.48. The monoisotopic (exact) mass is 216 g/mol. The summed E-state index contributed by atoms with van der Waals surface area (Å²) in [5.74, 6) is 4.24. The van der Waals surface area contributed by atoms with Crippen molar-refractivity contribution < 1.29 is 9.63 Å². The Labute approximate surface area is 54.5 Å². The van der Waals surface area contributed by atoms with Gasteiger partial charge in [0, 0.05) is 0 Å². The third kappa shape index (κ3) is 3.96. The molecule has 0 aliphatic heterocycles. The standard InChI is InChI=1S/C2H5IN2O2/c3-1-2(6)7-5-4/h5H,1,4H2. The quantitative estimate of drug-likeness (QED) is 0.278. The highest BCUT2D eigenvalue weighted by Gasteiger charge is 1.93. The molecule has 0 fully saturated rings. The van der Waals surface area contributed by atoms with Gasteiger partial charge in [-0.2, -0.15) is 0 Å². The van der Waals surface area contributed by atoms with E-state index in [9.17, 15) is 4.79 Å². The van der Waals surface area contributed by atoms with Gasteiger partial charge in [0.25, 0.3) is 0 Å². The SMILES string of the molecule is NNOC(=O)CI. The summed E-state index contributed by atoms with van der Waals surface area (Å²) in [7, 11) is 0. The van der Waals surface area contributed by atoms with Gasteiger partial charge in [-0.3, -0.25) is 0 Å². The summed E-state index contributed by atoms with van der Waals surface area (Å²) in [4.78, 5) is 14.1. The fourth-order valence-corrected chi connectivity index (χ4v) is 0.249. The molecule has 5 heteroatoms. The molecule has 0 aliphatic carbocycles. The summed E-state index contributed by atoms with van der Waals surface area (Å²) < 4.78 is 0.307. The van der Waals surface area contributed by atoms with Gasteiger partial charge in [-0.25, -0.2) is 10.6 Å². The third-order valence-electron chi connectivity index (χ3n) is 0.282. The van der Waals surface area contributed by atoms with E-state index in [1.165, 1.54) is 0 Å². The summed E-state index contributed by atoms with van der Waals surface area (Å²) in [5.41, 5.74) is 1.76. The summed E-state index contributed by atoms with van der Waals surface area (Å²) in [5, 5.41) is 0. The zero-order valence-corrected chi connectivity index (χ0v) is 5.64. The minimum Gasteiger partial charge on any atom is -0.355 e. The van der Waals surface area contributed by atoms with Gasteiger partial charge in [0.05, 0.1) is 4.43 Å². The fraction of sp³-hybridized carbons (Fsp3) is 0.500. The van der Waals surface area contributed by atoms with Gasteiger partial charge in [0.1, 0.15) is 0 Å². The van der Waals surface area contributed by atoms with Crippen molar-refractivity contribution in [3.8, 4) is 0 Å². The van der Waals surface area contributed by atoms with Crippen molar-refractivity contribution in [2.45, 2.75) is 0 Å². The minimum atomic E-state index is -0.372. The van der Waals surface area contributed by atoms with Crippen LogP contribution in [0, 0.1) is 0 Å². The highest BCUT2D eigenvalue weighted by Crippen LogP contribution is 1.80. The lowest BCUT2D eigenvalue weighted by Gasteiger charge is -1.93. The molecule has 7 heavy (non-hydrogen) atoms. The van der Waals surface area contributed by atoms with E-state index >= 15 is 0 Å². The summed E-state index contributed by atoms with van der Waals surface area (Å²) in [6.07, 6.45) is 0. The highest BCUT2D eigenvalue weighted by atomic mass is 127. The van der Waals surface area contributed by atoms with Crippen molar-refractivity contribution in [1.82, 2.24) is 5.59 Å². The van der Waals surface area contributed by atoms with Crippen molar-refractivity contribution in [2.75, 3.05) is 4.43 Å². The number of hydrazine groups is 1. The lowest BCUT2D eigenvalue weighted by Crippen LogP contribution is -2.26. The second-order valence-electron chi connectivity index (χ2n) is 0.726. The largest absolute Gasteiger partial charge is 0.355 e. The highest BCUT2D eigenvalue weighted by molar-refractivity contribution is 14.1. The van der Waals surface area contributed by atoms with Gasteiger partial charge in [-0.1, -0.05) is 28.2 Å². The molecule has 0 aromatic heterocycles. The molecule has 42 valence electrons. The van der Waals surface area contributed by atoms with Crippen LogP contribution in [0.2, 0.25) is 0 Å². The van der Waals surface area contributed by atoms with Crippen molar-refractivity contribution in [3.05, 3.63) is 0 Å².